The Balaban J connectivity index is 1.72. The maximum atomic E-state index is 13.1. The first-order valence-electron chi connectivity index (χ1n) is 10.1. The summed E-state index contributed by atoms with van der Waals surface area (Å²) in [5, 5.41) is 5.79. The lowest BCUT2D eigenvalue weighted by Crippen LogP contribution is -2.41. The second kappa shape index (κ2) is 8.86. The van der Waals surface area contributed by atoms with E-state index < -0.39 is 29.2 Å². The van der Waals surface area contributed by atoms with Crippen molar-refractivity contribution < 1.29 is 27.5 Å². The quantitative estimate of drug-likeness (QED) is 0.700. The van der Waals surface area contributed by atoms with Crippen LogP contribution >= 0.6 is 0 Å². The molecule has 170 valence electrons. The molecule has 0 bridgehead atoms. The monoisotopic (exact) mass is 440 g/mol. The Labute approximate surface area is 179 Å². The summed E-state index contributed by atoms with van der Waals surface area (Å²) in [5.74, 6) is -0.470. The minimum absolute atomic E-state index is 0.0535. The van der Waals surface area contributed by atoms with Crippen LogP contribution in [0, 0.1) is 5.41 Å². The van der Waals surface area contributed by atoms with Crippen molar-refractivity contribution in [3.8, 4) is 0 Å². The SMILES string of the molecule is CC(C)(C)C(=O)Nc1cc(C(F)(F)F)cnc1COC(=O)N1CCC2=C(CCNC2)C1. The van der Waals surface area contributed by atoms with E-state index >= 15 is 0 Å². The Hall–Kier alpha value is -2.62. The Bertz CT molecular complexity index is 891. The third-order valence-electron chi connectivity index (χ3n) is 5.32. The van der Waals surface area contributed by atoms with Crippen molar-refractivity contribution in [3.05, 3.63) is 34.7 Å². The molecule has 0 spiro atoms. The summed E-state index contributed by atoms with van der Waals surface area (Å²) in [6.07, 6.45) is -2.86. The minimum Gasteiger partial charge on any atom is -0.443 e. The molecular formula is C21H27F3N4O3. The van der Waals surface area contributed by atoms with E-state index in [1.165, 1.54) is 11.1 Å². The lowest BCUT2D eigenvalue weighted by Gasteiger charge is -2.33. The van der Waals surface area contributed by atoms with E-state index in [0.717, 1.165) is 32.0 Å². The smallest absolute Gasteiger partial charge is 0.417 e. The number of ether oxygens (including phenoxy) is 1. The number of halogens is 3. The maximum absolute atomic E-state index is 13.1. The molecule has 0 aromatic carbocycles. The van der Waals surface area contributed by atoms with Crippen LogP contribution in [0.1, 0.15) is 44.9 Å². The second-order valence-corrected chi connectivity index (χ2v) is 8.78. The number of aromatic nitrogens is 1. The zero-order valence-corrected chi connectivity index (χ0v) is 17.9. The van der Waals surface area contributed by atoms with Crippen molar-refractivity contribution in [1.82, 2.24) is 15.2 Å². The highest BCUT2D eigenvalue weighted by Gasteiger charge is 2.33. The average molecular weight is 440 g/mol. The highest BCUT2D eigenvalue weighted by Crippen LogP contribution is 2.32. The second-order valence-electron chi connectivity index (χ2n) is 8.78. The number of hydrogen-bond acceptors (Lipinski definition) is 5. The van der Waals surface area contributed by atoms with Gasteiger partial charge in [0.25, 0.3) is 0 Å². The predicted octanol–water partition coefficient (Wildman–Crippen LogP) is 3.72. The molecule has 2 amide bonds. The first-order chi connectivity index (χ1) is 14.4. The average Bonchev–Trinajstić information content (AvgIpc) is 2.70. The number of hydrogen-bond donors (Lipinski definition) is 2. The number of carbonyl (C=O) groups is 2. The van der Waals surface area contributed by atoms with Crippen LogP contribution in [0.15, 0.2) is 23.4 Å². The van der Waals surface area contributed by atoms with E-state index in [4.69, 9.17) is 4.74 Å². The van der Waals surface area contributed by atoms with E-state index in [2.05, 4.69) is 15.6 Å². The van der Waals surface area contributed by atoms with Crippen LogP contribution in [-0.2, 0) is 22.3 Å². The molecule has 1 aromatic rings. The molecule has 3 rings (SSSR count). The Kier molecular flexibility index (Phi) is 6.59. The number of nitrogens with one attached hydrogen (secondary N) is 2. The zero-order chi connectivity index (χ0) is 22.8. The number of pyridine rings is 1. The van der Waals surface area contributed by atoms with Crippen LogP contribution in [0.5, 0.6) is 0 Å². The summed E-state index contributed by atoms with van der Waals surface area (Å²) < 4.78 is 44.7. The molecule has 0 unspecified atom stereocenters. The molecule has 0 fully saturated rings. The van der Waals surface area contributed by atoms with Gasteiger partial charge < -0.3 is 20.3 Å². The van der Waals surface area contributed by atoms with E-state index in [1.54, 1.807) is 25.7 Å². The summed E-state index contributed by atoms with van der Waals surface area (Å²) >= 11 is 0. The number of amides is 2. The normalized spacial score (nSPS) is 17.3. The van der Waals surface area contributed by atoms with Gasteiger partial charge >= 0.3 is 12.3 Å². The molecule has 2 aliphatic heterocycles. The molecule has 0 saturated carbocycles. The predicted molar refractivity (Wildman–Crippen MR) is 108 cm³/mol. The molecule has 2 aliphatic rings. The van der Waals surface area contributed by atoms with Gasteiger partial charge in [-0.15, -0.1) is 0 Å². The van der Waals surface area contributed by atoms with Crippen molar-refractivity contribution >= 4 is 17.7 Å². The fourth-order valence-electron chi connectivity index (χ4n) is 3.37. The number of anilines is 1. The summed E-state index contributed by atoms with van der Waals surface area (Å²) in [7, 11) is 0. The van der Waals surface area contributed by atoms with Gasteiger partial charge in [0.2, 0.25) is 5.91 Å². The van der Waals surface area contributed by atoms with E-state index in [-0.39, 0.29) is 18.0 Å². The molecule has 10 heteroatoms. The summed E-state index contributed by atoms with van der Waals surface area (Å²) in [6, 6.07) is 0.812. The topological polar surface area (TPSA) is 83.6 Å². The van der Waals surface area contributed by atoms with Crippen molar-refractivity contribution in [2.75, 3.05) is 31.5 Å². The van der Waals surface area contributed by atoms with Crippen molar-refractivity contribution in [3.63, 3.8) is 0 Å². The molecule has 3 heterocycles. The maximum Gasteiger partial charge on any atom is 0.417 e. The van der Waals surface area contributed by atoms with Gasteiger partial charge in [-0.25, -0.2) is 4.79 Å². The van der Waals surface area contributed by atoms with Gasteiger partial charge in [0.15, 0.2) is 0 Å². The van der Waals surface area contributed by atoms with Crippen LogP contribution in [0.2, 0.25) is 0 Å². The van der Waals surface area contributed by atoms with Gasteiger partial charge in [-0.2, -0.15) is 13.2 Å². The molecule has 7 nitrogen and oxygen atoms in total. The third kappa shape index (κ3) is 5.75. The van der Waals surface area contributed by atoms with Crippen molar-refractivity contribution in [1.29, 1.82) is 0 Å². The number of alkyl halides is 3. The molecule has 1 aromatic heterocycles. The van der Waals surface area contributed by atoms with Gasteiger partial charge in [-0.1, -0.05) is 26.3 Å². The van der Waals surface area contributed by atoms with E-state index in [0.29, 0.717) is 19.3 Å². The van der Waals surface area contributed by atoms with E-state index in [9.17, 15) is 22.8 Å². The molecule has 0 atom stereocenters. The summed E-state index contributed by atoms with van der Waals surface area (Å²) in [4.78, 5) is 30.3. The zero-order valence-electron chi connectivity index (χ0n) is 17.9. The lowest BCUT2D eigenvalue weighted by molar-refractivity contribution is -0.137. The van der Waals surface area contributed by atoms with Crippen molar-refractivity contribution in [2.45, 2.75) is 46.4 Å². The molecule has 31 heavy (non-hydrogen) atoms. The van der Waals surface area contributed by atoms with Crippen LogP contribution in [0.3, 0.4) is 0 Å². The Morgan fingerprint density at radius 1 is 1.23 bits per heavy atom. The first kappa shape index (κ1) is 23.1. The first-order valence-corrected chi connectivity index (χ1v) is 10.1. The van der Waals surface area contributed by atoms with Gasteiger partial charge in [-0.05, 0) is 31.0 Å². The van der Waals surface area contributed by atoms with E-state index in [1.807, 2.05) is 0 Å². The molecule has 0 radical (unpaired) electrons. The highest BCUT2D eigenvalue weighted by atomic mass is 19.4. The molecule has 2 N–H and O–H groups in total. The summed E-state index contributed by atoms with van der Waals surface area (Å²) in [5.41, 5.74) is 0.672. The van der Waals surface area contributed by atoms with Gasteiger partial charge in [0.05, 0.1) is 11.3 Å². The number of rotatable bonds is 3. The van der Waals surface area contributed by atoms with Crippen LogP contribution in [0.25, 0.3) is 0 Å². The van der Waals surface area contributed by atoms with Gasteiger partial charge in [0, 0.05) is 31.2 Å². The highest BCUT2D eigenvalue weighted by molar-refractivity contribution is 5.95. The molecule has 0 aliphatic carbocycles. The third-order valence-corrected chi connectivity index (χ3v) is 5.32. The Morgan fingerprint density at radius 3 is 2.65 bits per heavy atom. The van der Waals surface area contributed by atoms with Crippen LogP contribution < -0.4 is 10.6 Å². The fourth-order valence-corrected chi connectivity index (χ4v) is 3.37. The standard InChI is InChI=1S/C21H27F3N4O3/c1-20(2,3)18(29)27-16-8-15(21(22,23)24)10-26-17(16)12-31-19(30)28-7-5-13-9-25-6-4-14(13)11-28/h8,10,25H,4-7,9,11-12H2,1-3H3,(H,27,29). The lowest BCUT2D eigenvalue weighted by atomic mass is 9.95. The van der Waals surface area contributed by atoms with Gasteiger partial charge in [-0.3, -0.25) is 9.78 Å². The van der Waals surface area contributed by atoms with Crippen LogP contribution in [0.4, 0.5) is 23.7 Å². The van der Waals surface area contributed by atoms with Gasteiger partial charge in [0.1, 0.15) is 12.3 Å². The number of carbonyl (C=O) groups excluding carboxylic acids is 2. The minimum atomic E-state index is -4.61. The largest absolute Gasteiger partial charge is 0.443 e. The van der Waals surface area contributed by atoms with Crippen LogP contribution in [-0.4, -0.2) is 48.1 Å². The summed E-state index contributed by atoms with van der Waals surface area (Å²) in [6.45, 7) is 7.30. The molecule has 0 saturated heterocycles. The Morgan fingerprint density at radius 2 is 1.97 bits per heavy atom. The number of nitrogens with zero attached hydrogens (tertiary/aromatic N) is 2. The molecular weight excluding hydrogens is 413 g/mol. The fraction of sp³-hybridized carbons (Fsp3) is 0.571. The van der Waals surface area contributed by atoms with Crippen molar-refractivity contribution in [2.24, 2.45) is 5.41 Å².